The predicted molar refractivity (Wildman–Crippen MR) is 90.5 cm³/mol. The van der Waals surface area contributed by atoms with Crippen LogP contribution in [0.5, 0.6) is 0 Å². The van der Waals surface area contributed by atoms with E-state index in [4.69, 9.17) is 27.6 Å². The molecule has 2 aliphatic rings. The van der Waals surface area contributed by atoms with Crippen LogP contribution < -0.4 is 0 Å². The molecule has 2 atom stereocenters. The highest BCUT2D eigenvalue weighted by Gasteiger charge is 2.64. The summed E-state index contributed by atoms with van der Waals surface area (Å²) < 4.78 is 20.0. The summed E-state index contributed by atoms with van der Waals surface area (Å²) >= 11 is 13.3. The molecule has 0 bridgehead atoms. The number of halogens is 3. The van der Waals surface area contributed by atoms with Gasteiger partial charge in [-0.05, 0) is 51.7 Å². The van der Waals surface area contributed by atoms with Gasteiger partial charge in [-0.1, -0.05) is 18.9 Å². The first kappa shape index (κ1) is 17.3. The van der Waals surface area contributed by atoms with Gasteiger partial charge in [-0.2, -0.15) is 0 Å². The van der Waals surface area contributed by atoms with Crippen molar-refractivity contribution in [2.24, 2.45) is 0 Å². The van der Waals surface area contributed by atoms with E-state index >= 15 is 0 Å². The average molecular weight is 357 g/mol. The normalized spacial score (nSPS) is 39.5. The largest absolute Gasteiger partial charge is 0.415 e. The molecule has 1 aliphatic carbocycles. The molecule has 0 N–H and O–H groups in total. The number of hydrogen-bond donors (Lipinski definition) is 0. The van der Waals surface area contributed by atoms with E-state index in [9.17, 15) is 4.39 Å². The predicted octanol–water partition coefficient (Wildman–Crippen LogP) is 5.54. The summed E-state index contributed by atoms with van der Waals surface area (Å²) in [5.41, 5.74) is 0.0482. The molecule has 0 aromatic rings. The molecular weight excluding hydrogens is 330 g/mol. The Balaban J connectivity index is 2.38. The van der Waals surface area contributed by atoms with Gasteiger partial charge < -0.3 is 4.43 Å². The van der Waals surface area contributed by atoms with Crippen molar-refractivity contribution < 1.29 is 8.82 Å². The molecule has 20 heavy (non-hydrogen) atoms. The van der Waals surface area contributed by atoms with Gasteiger partial charge in [-0.25, -0.2) is 0 Å². The summed E-state index contributed by atoms with van der Waals surface area (Å²) in [6, 6.07) is 0.988. The van der Waals surface area contributed by atoms with Crippen molar-refractivity contribution in [3.05, 3.63) is 0 Å². The van der Waals surface area contributed by atoms with Gasteiger partial charge in [0.15, 0.2) is 7.83 Å². The van der Waals surface area contributed by atoms with Gasteiger partial charge in [0.1, 0.15) is 11.9 Å². The summed E-state index contributed by atoms with van der Waals surface area (Å²) in [4.78, 5) is 0. The van der Waals surface area contributed by atoms with Crippen LogP contribution in [-0.4, -0.2) is 31.7 Å². The smallest absolute Gasteiger partial charge is 0.178 e. The maximum atomic E-state index is 14.3. The lowest BCUT2D eigenvalue weighted by Gasteiger charge is -2.57. The minimum Gasteiger partial charge on any atom is -0.415 e. The molecular formula is C14H27Cl2FOSi2. The molecule has 1 heterocycles. The second-order valence-corrected chi connectivity index (χ2v) is 22.9. The van der Waals surface area contributed by atoms with E-state index in [1.54, 1.807) is 0 Å². The minimum absolute atomic E-state index is 0.114. The lowest BCUT2D eigenvalue weighted by molar-refractivity contribution is 0.0914. The molecule has 1 aliphatic heterocycles. The minimum atomic E-state index is -2.22. The monoisotopic (exact) mass is 356 g/mol. The first-order valence-corrected chi connectivity index (χ1v) is 14.9. The van der Waals surface area contributed by atoms with Crippen LogP contribution in [-0.2, 0) is 4.43 Å². The van der Waals surface area contributed by atoms with Crippen LogP contribution in [0.3, 0.4) is 0 Å². The fourth-order valence-electron chi connectivity index (χ4n) is 4.36. The summed E-state index contributed by atoms with van der Waals surface area (Å²) in [6.45, 7) is 8.68. The molecule has 1 saturated heterocycles. The van der Waals surface area contributed by atoms with Gasteiger partial charge >= 0.3 is 0 Å². The van der Waals surface area contributed by atoms with E-state index in [0.717, 1.165) is 38.1 Å². The molecule has 0 radical (unpaired) electrons. The fraction of sp³-hybridized carbons (Fsp3) is 1.00. The fourth-order valence-corrected chi connectivity index (χ4v) is 21.8. The molecule has 6 heteroatoms. The molecule has 0 aromatic heterocycles. The van der Waals surface area contributed by atoms with Gasteiger partial charge in [-0.15, -0.1) is 23.2 Å². The first-order valence-electron chi connectivity index (χ1n) is 7.70. The van der Waals surface area contributed by atoms with Crippen LogP contribution in [0, 0.1) is 0 Å². The second kappa shape index (κ2) is 5.52. The molecule has 2 fully saturated rings. The number of rotatable bonds is 2. The highest BCUT2D eigenvalue weighted by Crippen LogP contribution is 2.57. The van der Waals surface area contributed by atoms with Crippen molar-refractivity contribution in [1.29, 1.82) is 0 Å². The van der Waals surface area contributed by atoms with Crippen molar-refractivity contribution in [2.45, 2.75) is 80.6 Å². The van der Waals surface area contributed by atoms with Crippen LogP contribution in [0.1, 0.15) is 46.0 Å². The summed E-state index contributed by atoms with van der Waals surface area (Å²) in [5, 5.41) is 0. The van der Waals surface area contributed by atoms with Crippen molar-refractivity contribution in [1.82, 2.24) is 0 Å². The van der Waals surface area contributed by atoms with Crippen LogP contribution in [0.15, 0.2) is 0 Å². The zero-order valence-electron chi connectivity index (χ0n) is 13.1. The standard InChI is InChI=1S/C14H27Cl2FOSi2/c1-13(2)9-10-20(11-17,19(3,4)18-13)12-7-5-6-8-14(12,15)16/h12H,5-11H2,1-4H3. The van der Waals surface area contributed by atoms with Gasteiger partial charge in [0.05, 0.1) is 11.9 Å². The van der Waals surface area contributed by atoms with E-state index in [2.05, 4.69) is 26.9 Å². The van der Waals surface area contributed by atoms with Gasteiger partial charge in [0.25, 0.3) is 0 Å². The van der Waals surface area contributed by atoms with Crippen molar-refractivity contribution in [2.75, 3.05) is 6.30 Å². The Morgan fingerprint density at radius 2 is 1.85 bits per heavy atom. The van der Waals surface area contributed by atoms with Gasteiger partial charge in [-0.3, -0.25) is 4.39 Å². The topological polar surface area (TPSA) is 9.23 Å². The first-order chi connectivity index (χ1) is 9.06. The third kappa shape index (κ3) is 2.88. The summed E-state index contributed by atoms with van der Waals surface area (Å²) in [5.74, 6) is 0. The Hall–Kier alpha value is 0.904. The Labute approximate surface area is 134 Å². The average Bonchev–Trinajstić information content (AvgIpc) is 2.28. The SMILES string of the molecule is CC1(C)CC[Si](CF)(C2CCCCC2(Cl)Cl)[Si](C)(C)O1. The van der Waals surface area contributed by atoms with E-state index in [0.29, 0.717) is 0 Å². The second-order valence-electron chi connectivity index (χ2n) is 7.72. The molecule has 1 saturated carbocycles. The van der Waals surface area contributed by atoms with Crippen molar-refractivity contribution >= 4 is 38.6 Å². The van der Waals surface area contributed by atoms with Gasteiger partial charge in [0, 0.05) is 0 Å². The molecule has 1 nitrogen and oxygen atoms in total. The zero-order chi connectivity index (χ0) is 15.2. The Morgan fingerprint density at radius 1 is 1.20 bits per heavy atom. The Bertz CT molecular complexity index is 376. The number of alkyl halides is 3. The van der Waals surface area contributed by atoms with E-state index < -0.39 is 19.8 Å². The quantitative estimate of drug-likeness (QED) is 0.465. The molecule has 2 rings (SSSR count). The molecule has 0 amide bonds. The highest BCUT2D eigenvalue weighted by molar-refractivity contribution is 7.40. The Morgan fingerprint density at radius 3 is 2.35 bits per heavy atom. The van der Waals surface area contributed by atoms with E-state index in [1.807, 2.05) is 0 Å². The zero-order valence-corrected chi connectivity index (χ0v) is 16.6. The number of hydrogen-bond acceptors (Lipinski definition) is 1. The van der Waals surface area contributed by atoms with Gasteiger partial charge in [0.2, 0.25) is 0 Å². The summed E-state index contributed by atoms with van der Waals surface area (Å²) in [6.07, 6.45) is 4.73. The maximum absolute atomic E-state index is 14.3. The lowest BCUT2D eigenvalue weighted by Crippen LogP contribution is -2.73. The van der Waals surface area contributed by atoms with Crippen molar-refractivity contribution in [3.8, 4) is 0 Å². The third-order valence-electron chi connectivity index (χ3n) is 5.57. The summed E-state index contributed by atoms with van der Waals surface area (Å²) in [7, 11) is -4.31. The van der Waals surface area contributed by atoms with Crippen LogP contribution in [0.25, 0.3) is 0 Å². The van der Waals surface area contributed by atoms with Crippen molar-refractivity contribution in [3.63, 3.8) is 0 Å². The van der Waals surface area contributed by atoms with Crippen LogP contribution in [0.2, 0.25) is 24.7 Å². The maximum Gasteiger partial charge on any atom is 0.178 e. The van der Waals surface area contributed by atoms with E-state index in [-0.39, 0.29) is 17.4 Å². The molecule has 0 spiro atoms. The highest BCUT2D eigenvalue weighted by atomic mass is 35.5. The van der Waals surface area contributed by atoms with Crippen LogP contribution >= 0.6 is 23.2 Å². The Kier molecular flexibility index (Phi) is 4.76. The van der Waals surface area contributed by atoms with Crippen LogP contribution in [0.4, 0.5) is 4.39 Å². The molecule has 118 valence electrons. The molecule has 2 unspecified atom stereocenters. The molecule has 0 aromatic carbocycles. The third-order valence-corrected chi connectivity index (χ3v) is 23.7. The van der Waals surface area contributed by atoms with E-state index in [1.165, 1.54) is 0 Å². The lowest BCUT2D eigenvalue weighted by atomic mass is 9.99.